The number of ether oxygens (including phenoxy) is 1. The second-order valence-electron chi connectivity index (χ2n) is 2.66. The molecule has 0 heterocycles. The van der Waals surface area contributed by atoms with Crippen LogP contribution in [0.4, 0.5) is 0 Å². The molecular formula is C8H12CuO3. The molecule has 0 bridgehead atoms. The Labute approximate surface area is 82.3 Å². The Morgan fingerprint density at radius 1 is 1.67 bits per heavy atom. The molecule has 1 aliphatic carbocycles. The zero-order valence-electron chi connectivity index (χ0n) is 6.93. The largest absolute Gasteiger partial charge is 0.465 e. The van der Waals surface area contributed by atoms with Crippen molar-refractivity contribution in [1.82, 2.24) is 0 Å². The maximum Gasteiger partial charge on any atom is 0.316 e. The Morgan fingerprint density at radius 3 is 2.75 bits per heavy atom. The second-order valence-corrected chi connectivity index (χ2v) is 2.66. The second kappa shape index (κ2) is 5.33. The third-order valence-electron chi connectivity index (χ3n) is 1.88. The number of ketones is 1. The van der Waals surface area contributed by atoms with E-state index >= 15 is 0 Å². The molecule has 0 spiro atoms. The zero-order chi connectivity index (χ0) is 8.27. The van der Waals surface area contributed by atoms with E-state index in [1.165, 1.54) is 0 Å². The standard InChI is InChI=1S/C8H12O3.Cu/c1-2-11-8(10)6-4-3-5-7(6)9;/h6H,2-5H2,1H3;. The Hall–Kier alpha value is -0.341. The minimum Gasteiger partial charge on any atom is -0.465 e. The van der Waals surface area contributed by atoms with Gasteiger partial charge in [-0.15, -0.1) is 0 Å². The fraction of sp³-hybridized carbons (Fsp3) is 0.750. The van der Waals surface area contributed by atoms with E-state index < -0.39 is 5.92 Å². The average molecular weight is 220 g/mol. The monoisotopic (exact) mass is 219 g/mol. The van der Waals surface area contributed by atoms with Crippen molar-refractivity contribution in [3.63, 3.8) is 0 Å². The Morgan fingerprint density at radius 2 is 2.33 bits per heavy atom. The molecule has 4 heteroatoms. The van der Waals surface area contributed by atoms with Crippen LogP contribution < -0.4 is 0 Å². The quantitative estimate of drug-likeness (QED) is 0.394. The molecule has 73 valence electrons. The molecule has 1 atom stereocenters. The first kappa shape index (κ1) is 11.7. The van der Waals surface area contributed by atoms with Crippen molar-refractivity contribution in [2.24, 2.45) is 5.92 Å². The molecule has 0 aromatic rings. The Bertz CT molecular complexity index is 179. The number of hydrogen-bond donors (Lipinski definition) is 0. The molecule has 1 fully saturated rings. The summed E-state index contributed by atoms with van der Waals surface area (Å²) in [5.74, 6) is -0.742. The molecular weight excluding hydrogens is 208 g/mol. The molecule has 12 heavy (non-hydrogen) atoms. The molecule has 1 saturated carbocycles. The maximum absolute atomic E-state index is 11.0. The van der Waals surface area contributed by atoms with Crippen LogP contribution in [0.2, 0.25) is 0 Å². The third-order valence-corrected chi connectivity index (χ3v) is 1.88. The number of hydrogen-bond acceptors (Lipinski definition) is 3. The first-order valence-electron chi connectivity index (χ1n) is 3.95. The summed E-state index contributed by atoms with van der Waals surface area (Å²) in [6.45, 7) is 2.11. The van der Waals surface area contributed by atoms with Gasteiger partial charge in [0.1, 0.15) is 11.7 Å². The molecule has 1 rings (SSSR count). The van der Waals surface area contributed by atoms with Crippen LogP contribution in [0.1, 0.15) is 26.2 Å². The van der Waals surface area contributed by atoms with E-state index in [1.54, 1.807) is 6.92 Å². The summed E-state index contributed by atoms with van der Waals surface area (Å²) in [5.41, 5.74) is 0. The normalized spacial score (nSPS) is 21.8. The SMILES string of the molecule is CCOC(=O)C1CCCC1=O.[Cu]. The first-order valence-corrected chi connectivity index (χ1v) is 3.95. The van der Waals surface area contributed by atoms with Crippen LogP contribution >= 0.6 is 0 Å². The molecule has 0 N–H and O–H groups in total. The summed E-state index contributed by atoms with van der Waals surface area (Å²) >= 11 is 0. The molecule has 0 aliphatic heterocycles. The number of esters is 1. The van der Waals surface area contributed by atoms with Crippen molar-refractivity contribution < 1.29 is 31.4 Å². The molecule has 0 aromatic heterocycles. The Kier molecular flexibility index (Phi) is 5.18. The van der Waals surface area contributed by atoms with Gasteiger partial charge in [0, 0.05) is 23.5 Å². The van der Waals surface area contributed by atoms with Gasteiger partial charge in [-0.2, -0.15) is 0 Å². The van der Waals surface area contributed by atoms with Crippen molar-refractivity contribution in [2.75, 3.05) is 6.61 Å². The topological polar surface area (TPSA) is 43.4 Å². The smallest absolute Gasteiger partial charge is 0.316 e. The van der Waals surface area contributed by atoms with Crippen molar-refractivity contribution in [3.05, 3.63) is 0 Å². The van der Waals surface area contributed by atoms with E-state index in [1.807, 2.05) is 0 Å². The van der Waals surface area contributed by atoms with Crippen LogP contribution in [-0.2, 0) is 31.4 Å². The minimum atomic E-state index is -0.449. The molecule has 0 aromatic carbocycles. The van der Waals surface area contributed by atoms with Gasteiger partial charge < -0.3 is 4.74 Å². The van der Waals surface area contributed by atoms with Gasteiger partial charge in [-0.1, -0.05) is 0 Å². The van der Waals surface area contributed by atoms with E-state index in [0.717, 1.165) is 6.42 Å². The van der Waals surface area contributed by atoms with E-state index in [2.05, 4.69) is 0 Å². The van der Waals surface area contributed by atoms with Gasteiger partial charge in [-0.25, -0.2) is 0 Å². The van der Waals surface area contributed by atoms with E-state index in [4.69, 9.17) is 4.74 Å². The van der Waals surface area contributed by atoms with Gasteiger partial charge >= 0.3 is 5.97 Å². The molecule has 0 amide bonds. The summed E-state index contributed by atoms with van der Waals surface area (Å²) in [5, 5.41) is 0. The van der Waals surface area contributed by atoms with Crippen molar-refractivity contribution in [2.45, 2.75) is 26.2 Å². The third kappa shape index (κ3) is 2.61. The van der Waals surface area contributed by atoms with Gasteiger partial charge in [-0.05, 0) is 19.8 Å². The number of Topliss-reactive ketones (excluding diaryl/α,β-unsaturated/α-hetero) is 1. The maximum atomic E-state index is 11.0. The van der Waals surface area contributed by atoms with E-state index in [9.17, 15) is 9.59 Å². The summed E-state index contributed by atoms with van der Waals surface area (Å²) in [4.78, 5) is 22.0. The molecule has 0 saturated heterocycles. The van der Waals surface area contributed by atoms with Gasteiger partial charge in [0.15, 0.2) is 0 Å². The summed E-state index contributed by atoms with van der Waals surface area (Å²) in [6, 6.07) is 0. The summed E-state index contributed by atoms with van der Waals surface area (Å²) in [7, 11) is 0. The van der Waals surface area contributed by atoms with E-state index in [-0.39, 0.29) is 28.8 Å². The van der Waals surface area contributed by atoms with Crippen molar-refractivity contribution in [1.29, 1.82) is 0 Å². The van der Waals surface area contributed by atoms with Crippen LogP contribution in [0.3, 0.4) is 0 Å². The average Bonchev–Trinajstić information content (AvgIpc) is 2.36. The minimum absolute atomic E-state index is 0. The van der Waals surface area contributed by atoms with Crippen LogP contribution in [-0.4, -0.2) is 18.4 Å². The van der Waals surface area contributed by atoms with Crippen LogP contribution in [0.25, 0.3) is 0 Å². The number of carbonyl (C=O) groups excluding carboxylic acids is 2. The molecule has 3 nitrogen and oxygen atoms in total. The molecule has 1 aliphatic rings. The van der Waals surface area contributed by atoms with Gasteiger partial charge in [0.25, 0.3) is 0 Å². The van der Waals surface area contributed by atoms with Gasteiger partial charge in [0.2, 0.25) is 0 Å². The zero-order valence-corrected chi connectivity index (χ0v) is 7.87. The first-order chi connectivity index (χ1) is 5.25. The van der Waals surface area contributed by atoms with E-state index in [0.29, 0.717) is 19.4 Å². The predicted octanol–water partition coefficient (Wildman–Crippen LogP) is 0.916. The van der Waals surface area contributed by atoms with Crippen molar-refractivity contribution in [3.8, 4) is 0 Å². The van der Waals surface area contributed by atoms with Gasteiger partial charge in [-0.3, -0.25) is 9.59 Å². The van der Waals surface area contributed by atoms with Crippen LogP contribution in [0, 0.1) is 5.92 Å². The van der Waals surface area contributed by atoms with Gasteiger partial charge in [0.05, 0.1) is 6.61 Å². The summed E-state index contributed by atoms with van der Waals surface area (Å²) in [6.07, 6.45) is 2.06. The summed E-state index contributed by atoms with van der Waals surface area (Å²) < 4.78 is 4.74. The van der Waals surface area contributed by atoms with Crippen LogP contribution in [0.5, 0.6) is 0 Å². The van der Waals surface area contributed by atoms with Crippen molar-refractivity contribution >= 4 is 11.8 Å². The Balaban J connectivity index is 0.00000121. The number of rotatable bonds is 2. The number of carbonyl (C=O) groups is 2. The van der Waals surface area contributed by atoms with Crippen LogP contribution in [0.15, 0.2) is 0 Å². The fourth-order valence-electron chi connectivity index (χ4n) is 1.31. The fourth-order valence-corrected chi connectivity index (χ4v) is 1.31. The molecule has 1 unspecified atom stereocenters. The predicted molar refractivity (Wildman–Crippen MR) is 39.0 cm³/mol. The molecule has 1 radical (unpaired) electrons.